The summed E-state index contributed by atoms with van der Waals surface area (Å²) >= 11 is 0. The largest absolute Gasteiger partial charge is 0.248 e. The van der Waals surface area contributed by atoms with E-state index < -0.39 is 0 Å². The van der Waals surface area contributed by atoms with Gasteiger partial charge in [-0.3, -0.25) is 0 Å². The second-order valence-corrected chi connectivity index (χ2v) is 7.19. The van der Waals surface area contributed by atoms with Gasteiger partial charge in [0.05, 0.1) is 22.4 Å². The van der Waals surface area contributed by atoms with Gasteiger partial charge in [0, 0.05) is 10.8 Å². The van der Waals surface area contributed by atoms with Crippen LogP contribution >= 0.6 is 0 Å². The van der Waals surface area contributed by atoms with E-state index in [1.165, 1.54) is 0 Å². The van der Waals surface area contributed by atoms with Gasteiger partial charge in [0.15, 0.2) is 0 Å². The molecule has 0 amide bonds. The minimum absolute atomic E-state index is 0.954. The molecular weight excluding hydrogens is 364 g/mol. The van der Waals surface area contributed by atoms with E-state index in [1.54, 1.807) is 0 Å². The summed E-state index contributed by atoms with van der Waals surface area (Å²) < 4.78 is 0. The smallest absolute Gasteiger partial charge is 0.0709 e. The highest BCUT2D eigenvalue weighted by Crippen LogP contribution is 2.17. The standard InChI is InChI=1S/C28H20N2/c1-3-10-27-23(8-1)14-18-25(29-27)16-12-21-6-5-7-22(20-21)13-17-26-19-15-24-9-2-4-11-28(24)30-26/h1-20H/b16-12+,17-13+. The van der Waals surface area contributed by atoms with Gasteiger partial charge in [0.25, 0.3) is 0 Å². The van der Waals surface area contributed by atoms with E-state index in [4.69, 9.17) is 9.97 Å². The summed E-state index contributed by atoms with van der Waals surface area (Å²) in [6.07, 6.45) is 8.31. The molecule has 0 bridgehead atoms. The van der Waals surface area contributed by atoms with Gasteiger partial charge in [0.2, 0.25) is 0 Å². The minimum Gasteiger partial charge on any atom is -0.248 e. The van der Waals surface area contributed by atoms with E-state index in [0.717, 1.165) is 44.3 Å². The fraction of sp³-hybridized carbons (Fsp3) is 0. The summed E-state index contributed by atoms with van der Waals surface area (Å²) in [7, 11) is 0. The van der Waals surface area contributed by atoms with Crippen molar-refractivity contribution >= 4 is 46.1 Å². The van der Waals surface area contributed by atoms with Crippen molar-refractivity contribution in [3.63, 3.8) is 0 Å². The molecule has 3 aromatic carbocycles. The van der Waals surface area contributed by atoms with Crippen LogP contribution in [0.3, 0.4) is 0 Å². The Kier molecular flexibility index (Phi) is 4.89. The molecule has 2 heteroatoms. The highest BCUT2D eigenvalue weighted by atomic mass is 14.7. The van der Waals surface area contributed by atoms with Gasteiger partial charge >= 0.3 is 0 Å². The Bertz CT molecular complexity index is 1290. The molecule has 0 spiro atoms. The van der Waals surface area contributed by atoms with Crippen LogP contribution in [-0.2, 0) is 0 Å². The van der Waals surface area contributed by atoms with Crippen molar-refractivity contribution in [2.45, 2.75) is 0 Å². The third-order valence-electron chi connectivity index (χ3n) is 5.04. The quantitative estimate of drug-likeness (QED) is 0.329. The number of rotatable bonds is 4. The maximum atomic E-state index is 4.70. The zero-order valence-electron chi connectivity index (χ0n) is 16.4. The van der Waals surface area contributed by atoms with E-state index in [-0.39, 0.29) is 0 Å². The van der Waals surface area contributed by atoms with E-state index >= 15 is 0 Å². The molecular formula is C28H20N2. The summed E-state index contributed by atoms with van der Waals surface area (Å²) in [6.45, 7) is 0. The fourth-order valence-corrected chi connectivity index (χ4v) is 3.48. The lowest BCUT2D eigenvalue weighted by Gasteiger charge is -2.00. The minimum atomic E-state index is 0.954. The van der Waals surface area contributed by atoms with E-state index in [2.05, 4.69) is 72.8 Å². The van der Waals surface area contributed by atoms with Crippen molar-refractivity contribution in [1.29, 1.82) is 0 Å². The molecule has 5 rings (SSSR count). The molecule has 0 saturated carbocycles. The first-order chi connectivity index (χ1) is 14.8. The second kappa shape index (κ2) is 8.14. The average Bonchev–Trinajstić information content (AvgIpc) is 2.81. The van der Waals surface area contributed by atoms with Crippen molar-refractivity contribution in [3.05, 3.63) is 120 Å². The first-order valence-electron chi connectivity index (χ1n) is 10.0. The van der Waals surface area contributed by atoms with Gasteiger partial charge in [-0.1, -0.05) is 78.9 Å². The van der Waals surface area contributed by atoms with Crippen molar-refractivity contribution in [2.75, 3.05) is 0 Å². The summed E-state index contributed by atoms with van der Waals surface area (Å²) in [4.78, 5) is 9.41. The van der Waals surface area contributed by atoms with Crippen LogP contribution < -0.4 is 0 Å². The lowest BCUT2D eigenvalue weighted by Crippen LogP contribution is -1.83. The fourth-order valence-electron chi connectivity index (χ4n) is 3.48. The third-order valence-corrected chi connectivity index (χ3v) is 5.04. The number of fused-ring (bicyclic) bond motifs is 2. The van der Waals surface area contributed by atoms with Crippen LogP contribution in [0.5, 0.6) is 0 Å². The number of pyridine rings is 2. The maximum Gasteiger partial charge on any atom is 0.0709 e. The van der Waals surface area contributed by atoms with Crippen molar-refractivity contribution in [2.24, 2.45) is 0 Å². The Morgan fingerprint density at radius 3 is 1.47 bits per heavy atom. The Hall–Kier alpha value is -4.04. The highest BCUT2D eigenvalue weighted by Gasteiger charge is 1.97. The summed E-state index contributed by atoms with van der Waals surface area (Å²) in [6, 6.07) is 33.1. The predicted octanol–water partition coefficient (Wildman–Crippen LogP) is 7.12. The van der Waals surface area contributed by atoms with Crippen LogP contribution in [0.15, 0.2) is 97.1 Å². The van der Waals surface area contributed by atoms with Gasteiger partial charge in [-0.25, -0.2) is 9.97 Å². The lowest BCUT2D eigenvalue weighted by molar-refractivity contribution is 1.37. The summed E-state index contributed by atoms with van der Waals surface area (Å²) in [5.74, 6) is 0. The van der Waals surface area contributed by atoms with Gasteiger partial charge in [-0.05, 0) is 53.6 Å². The first kappa shape index (κ1) is 18.0. The molecule has 142 valence electrons. The number of hydrogen-bond acceptors (Lipinski definition) is 2. The number of benzene rings is 3. The maximum absolute atomic E-state index is 4.70. The molecule has 30 heavy (non-hydrogen) atoms. The van der Waals surface area contributed by atoms with Crippen LogP contribution in [0, 0.1) is 0 Å². The molecule has 0 aliphatic carbocycles. The van der Waals surface area contributed by atoms with Crippen LogP contribution in [-0.4, -0.2) is 9.97 Å². The number of aromatic nitrogens is 2. The molecule has 0 radical (unpaired) electrons. The average molecular weight is 384 g/mol. The predicted molar refractivity (Wildman–Crippen MR) is 128 cm³/mol. The molecule has 0 fully saturated rings. The van der Waals surface area contributed by atoms with Crippen LogP contribution in [0.25, 0.3) is 46.1 Å². The number of hydrogen-bond donors (Lipinski definition) is 0. The topological polar surface area (TPSA) is 25.8 Å². The lowest BCUT2D eigenvalue weighted by atomic mass is 10.1. The van der Waals surface area contributed by atoms with E-state index in [9.17, 15) is 0 Å². The molecule has 2 aromatic heterocycles. The molecule has 0 saturated heterocycles. The van der Waals surface area contributed by atoms with E-state index in [0.29, 0.717) is 0 Å². The SMILES string of the molecule is C(=C\c1ccc2ccccc2n1)/c1cccc(/C=C/c2ccc3ccccc3n2)c1. The zero-order valence-corrected chi connectivity index (χ0v) is 16.4. The molecule has 0 aliphatic heterocycles. The molecule has 5 aromatic rings. The number of nitrogens with zero attached hydrogens (tertiary/aromatic N) is 2. The van der Waals surface area contributed by atoms with E-state index in [1.807, 2.05) is 48.5 Å². The second-order valence-electron chi connectivity index (χ2n) is 7.19. The Morgan fingerprint density at radius 2 is 0.933 bits per heavy atom. The van der Waals surface area contributed by atoms with Crippen molar-refractivity contribution in [3.8, 4) is 0 Å². The molecule has 0 unspecified atom stereocenters. The molecule has 0 atom stereocenters. The van der Waals surface area contributed by atoms with Gasteiger partial charge in [-0.15, -0.1) is 0 Å². The highest BCUT2D eigenvalue weighted by molar-refractivity contribution is 5.82. The Labute approximate surface area is 175 Å². The van der Waals surface area contributed by atoms with Gasteiger partial charge in [-0.2, -0.15) is 0 Å². The monoisotopic (exact) mass is 384 g/mol. The summed E-state index contributed by atoms with van der Waals surface area (Å²) in [5.41, 5.74) is 6.21. The molecule has 0 N–H and O–H groups in total. The molecule has 2 nitrogen and oxygen atoms in total. The number of para-hydroxylation sites is 2. The van der Waals surface area contributed by atoms with Gasteiger partial charge in [0.1, 0.15) is 0 Å². The van der Waals surface area contributed by atoms with Crippen LogP contribution in [0.2, 0.25) is 0 Å². The first-order valence-corrected chi connectivity index (χ1v) is 10.0. The van der Waals surface area contributed by atoms with Crippen LogP contribution in [0.1, 0.15) is 22.5 Å². The zero-order chi connectivity index (χ0) is 20.2. The van der Waals surface area contributed by atoms with Crippen molar-refractivity contribution < 1.29 is 0 Å². The summed E-state index contributed by atoms with van der Waals surface area (Å²) in [5, 5.41) is 2.31. The normalized spacial score (nSPS) is 11.7. The van der Waals surface area contributed by atoms with Gasteiger partial charge < -0.3 is 0 Å². The Balaban J connectivity index is 1.36. The molecule has 2 heterocycles. The Morgan fingerprint density at radius 1 is 0.433 bits per heavy atom. The van der Waals surface area contributed by atoms with Crippen LogP contribution in [0.4, 0.5) is 0 Å². The third kappa shape index (κ3) is 4.03. The van der Waals surface area contributed by atoms with Crippen molar-refractivity contribution in [1.82, 2.24) is 9.97 Å². The molecule has 0 aliphatic rings.